The molecule has 1 aliphatic heterocycles. The van der Waals surface area contributed by atoms with Crippen molar-refractivity contribution in [1.29, 1.82) is 0 Å². The lowest BCUT2D eigenvalue weighted by molar-refractivity contribution is 0.0123. The van der Waals surface area contributed by atoms with Crippen molar-refractivity contribution in [1.82, 2.24) is 9.88 Å². The van der Waals surface area contributed by atoms with Crippen molar-refractivity contribution >= 4 is 22.0 Å². The molecule has 0 spiro atoms. The number of nitrogens with zero attached hydrogens (tertiary/aromatic N) is 2. The first kappa shape index (κ1) is 17.0. The first-order valence-corrected chi connectivity index (χ1v) is 7.99. The van der Waals surface area contributed by atoms with Crippen LogP contribution in [-0.4, -0.2) is 40.8 Å². The summed E-state index contributed by atoms with van der Waals surface area (Å²) in [5.74, 6) is -0.310. The number of pyridine rings is 1. The smallest absolute Gasteiger partial charge is 0.410 e. The Bertz CT molecular complexity index is 540. The van der Waals surface area contributed by atoms with E-state index in [1.54, 1.807) is 4.90 Å². The van der Waals surface area contributed by atoms with Crippen LogP contribution in [0.5, 0.6) is 5.75 Å². The summed E-state index contributed by atoms with van der Waals surface area (Å²) < 4.78 is 25.2. The molecular formula is C15H20BrFN2O3. The predicted octanol–water partition coefficient (Wildman–Crippen LogP) is 3.76. The van der Waals surface area contributed by atoms with Crippen LogP contribution in [0.25, 0.3) is 0 Å². The largest absolute Gasteiger partial charge is 0.487 e. The van der Waals surface area contributed by atoms with Gasteiger partial charge in [-0.3, -0.25) is 0 Å². The highest BCUT2D eigenvalue weighted by atomic mass is 79.9. The maximum atomic E-state index is 13.6. The van der Waals surface area contributed by atoms with E-state index in [9.17, 15) is 9.18 Å². The van der Waals surface area contributed by atoms with Crippen LogP contribution >= 0.6 is 15.9 Å². The zero-order chi connectivity index (χ0) is 16.3. The molecule has 22 heavy (non-hydrogen) atoms. The highest BCUT2D eigenvalue weighted by molar-refractivity contribution is 9.10. The summed E-state index contributed by atoms with van der Waals surface area (Å²) in [5.41, 5.74) is -0.503. The Labute approximate surface area is 137 Å². The molecule has 0 bridgehead atoms. The molecule has 0 saturated carbocycles. The minimum absolute atomic E-state index is 0.123. The van der Waals surface area contributed by atoms with Gasteiger partial charge in [-0.05, 0) is 36.7 Å². The highest BCUT2D eigenvalue weighted by Crippen LogP contribution is 2.24. The SMILES string of the molecule is CC(C)(C)OC(=O)N1CCC(Oc2cc(Br)ncc2F)CC1. The van der Waals surface area contributed by atoms with Gasteiger partial charge in [-0.2, -0.15) is 0 Å². The monoisotopic (exact) mass is 374 g/mol. The molecular weight excluding hydrogens is 355 g/mol. The van der Waals surface area contributed by atoms with E-state index >= 15 is 0 Å². The van der Waals surface area contributed by atoms with Crippen molar-refractivity contribution in [3.63, 3.8) is 0 Å². The zero-order valence-corrected chi connectivity index (χ0v) is 14.5. The van der Waals surface area contributed by atoms with Crippen LogP contribution in [0.4, 0.5) is 9.18 Å². The van der Waals surface area contributed by atoms with Crippen LogP contribution in [0.2, 0.25) is 0 Å². The summed E-state index contributed by atoms with van der Waals surface area (Å²) in [6.45, 7) is 6.58. The van der Waals surface area contributed by atoms with Gasteiger partial charge in [-0.1, -0.05) is 0 Å². The van der Waals surface area contributed by atoms with Gasteiger partial charge in [-0.25, -0.2) is 14.2 Å². The second kappa shape index (κ2) is 6.81. The number of carbonyl (C=O) groups excluding carboxylic acids is 1. The molecule has 2 rings (SSSR count). The van der Waals surface area contributed by atoms with Gasteiger partial charge in [0, 0.05) is 32.0 Å². The standard InChI is InChI=1S/C15H20BrFN2O3/c1-15(2,3)22-14(20)19-6-4-10(5-7-19)21-12-8-13(16)18-9-11(12)17/h8-10H,4-7H2,1-3H3. The van der Waals surface area contributed by atoms with Gasteiger partial charge in [-0.15, -0.1) is 0 Å². The molecule has 7 heteroatoms. The van der Waals surface area contributed by atoms with Crippen LogP contribution in [0, 0.1) is 5.82 Å². The summed E-state index contributed by atoms with van der Waals surface area (Å²) in [6, 6.07) is 1.51. The van der Waals surface area contributed by atoms with Gasteiger partial charge in [0.05, 0.1) is 6.20 Å². The van der Waals surface area contributed by atoms with Crippen molar-refractivity contribution in [3.8, 4) is 5.75 Å². The molecule has 1 aromatic rings. The average molecular weight is 375 g/mol. The van der Waals surface area contributed by atoms with E-state index < -0.39 is 11.4 Å². The molecule has 2 heterocycles. The van der Waals surface area contributed by atoms with Gasteiger partial charge in [0.15, 0.2) is 11.6 Å². The number of amides is 1. The van der Waals surface area contributed by atoms with E-state index in [0.29, 0.717) is 30.5 Å². The molecule has 1 amide bonds. The molecule has 0 unspecified atom stereocenters. The molecule has 122 valence electrons. The fraction of sp³-hybridized carbons (Fsp3) is 0.600. The topological polar surface area (TPSA) is 51.7 Å². The average Bonchev–Trinajstić information content (AvgIpc) is 2.42. The van der Waals surface area contributed by atoms with Crippen LogP contribution in [0.3, 0.4) is 0 Å². The molecule has 0 N–H and O–H groups in total. The molecule has 1 aromatic heterocycles. The molecule has 0 radical (unpaired) electrons. The first-order valence-electron chi connectivity index (χ1n) is 7.20. The van der Waals surface area contributed by atoms with Gasteiger partial charge in [0.25, 0.3) is 0 Å². The molecule has 5 nitrogen and oxygen atoms in total. The fourth-order valence-corrected chi connectivity index (χ4v) is 2.46. The van der Waals surface area contributed by atoms with Crippen molar-refractivity contribution in [2.75, 3.05) is 13.1 Å². The third-order valence-corrected chi connectivity index (χ3v) is 3.61. The van der Waals surface area contributed by atoms with Crippen LogP contribution in [0.15, 0.2) is 16.9 Å². The van der Waals surface area contributed by atoms with Gasteiger partial charge >= 0.3 is 6.09 Å². The predicted molar refractivity (Wildman–Crippen MR) is 83.4 cm³/mol. The van der Waals surface area contributed by atoms with Crippen LogP contribution in [0.1, 0.15) is 33.6 Å². The quantitative estimate of drug-likeness (QED) is 0.739. The normalized spacial score (nSPS) is 16.5. The van der Waals surface area contributed by atoms with Gasteiger partial charge in [0.2, 0.25) is 0 Å². The summed E-state index contributed by atoms with van der Waals surface area (Å²) in [6.07, 6.45) is 1.96. The summed E-state index contributed by atoms with van der Waals surface area (Å²) in [7, 11) is 0. The van der Waals surface area contributed by atoms with E-state index in [-0.39, 0.29) is 17.9 Å². The van der Waals surface area contributed by atoms with E-state index in [1.165, 1.54) is 6.07 Å². The lowest BCUT2D eigenvalue weighted by Gasteiger charge is -2.33. The Morgan fingerprint density at radius 3 is 2.64 bits per heavy atom. The second-order valence-corrected chi connectivity index (χ2v) is 7.03. The number of likely N-dealkylation sites (tertiary alicyclic amines) is 1. The lowest BCUT2D eigenvalue weighted by Crippen LogP contribution is -2.44. The Balaban J connectivity index is 1.87. The Kier molecular flexibility index (Phi) is 5.26. The molecule has 1 fully saturated rings. The maximum Gasteiger partial charge on any atom is 0.410 e. The molecule has 0 aliphatic carbocycles. The van der Waals surface area contributed by atoms with E-state index in [2.05, 4.69) is 20.9 Å². The Hall–Kier alpha value is -1.37. The van der Waals surface area contributed by atoms with Crippen molar-refractivity contribution in [2.24, 2.45) is 0 Å². The Morgan fingerprint density at radius 1 is 1.41 bits per heavy atom. The number of rotatable bonds is 2. The van der Waals surface area contributed by atoms with Crippen molar-refractivity contribution in [2.45, 2.75) is 45.3 Å². The Morgan fingerprint density at radius 2 is 2.05 bits per heavy atom. The van der Waals surface area contributed by atoms with Crippen LogP contribution in [-0.2, 0) is 4.74 Å². The van der Waals surface area contributed by atoms with Crippen molar-refractivity contribution in [3.05, 3.63) is 22.7 Å². The number of hydrogen-bond donors (Lipinski definition) is 0. The number of piperidine rings is 1. The summed E-state index contributed by atoms with van der Waals surface area (Å²) in [4.78, 5) is 17.4. The molecule has 1 saturated heterocycles. The highest BCUT2D eigenvalue weighted by Gasteiger charge is 2.28. The minimum atomic E-state index is -0.503. The number of hydrogen-bond acceptors (Lipinski definition) is 4. The second-order valence-electron chi connectivity index (χ2n) is 6.22. The van der Waals surface area contributed by atoms with Gasteiger partial charge < -0.3 is 14.4 Å². The zero-order valence-electron chi connectivity index (χ0n) is 12.9. The number of halogens is 2. The van der Waals surface area contributed by atoms with E-state index in [0.717, 1.165) is 6.20 Å². The van der Waals surface area contributed by atoms with Gasteiger partial charge in [0.1, 0.15) is 16.3 Å². The first-order chi connectivity index (χ1) is 10.2. The van der Waals surface area contributed by atoms with E-state index in [1.807, 2.05) is 20.8 Å². The number of ether oxygens (including phenoxy) is 2. The number of carbonyl (C=O) groups is 1. The summed E-state index contributed by atoms with van der Waals surface area (Å²) >= 11 is 3.19. The molecule has 0 aromatic carbocycles. The maximum absolute atomic E-state index is 13.6. The minimum Gasteiger partial charge on any atom is -0.487 e. The van der Waals surface area contributed by atoms with Crippen LogP contribution < -0.4 is 4.74 Å². The summed E-state index contributed by atoms with van der Waals surface area (Å²) in [5, 5.41) is 0. The third kappa shape index (κ3) is 4.83. The lowest BCUT2D eigenvalue weighted by atomic mass is 10.1. The third-order valence-electron chi connectivity index (χ3n) is 3.17. The number of aromatic nitrogens is 1. The van der Waals surface area contributed by atoms with E-state index in [4.69, 9.17) is 9.47 Å². The molecule has 1 aliphatic rings. The fourth-order valence-electron chi connectivity index (χ4n) is 2.15. The molecule has 0 atom stereocenters. The van der Waals surface area contributed by atoms with Crippen molar-refractivity contribution < 1.29 is 18.7 Å².